The second-order valence-electron chi connectivity index (χ2n) is 4.74. The van der Waals surface area contributed by atoms with E-state index in [9.17, 15) is 9.90 Å². The first-order chi connectivity index (χ1) is 10.8. The smallest absolute Gasteiger partial charge is 0.260 e. The van der Waals surface area contributed by atoms with Gasteiger partial charge in [0.15, 0.2) is 6.10 Å². The molecule has 1 heterocycles. The molecule has 1 amide bonds. The maximum absolute atomic E-state index is 12.1. The number of aliphatic hydroxyl groups is 1. The number of nitrogens with one attached hydrogen (secondary N) is 1. The molecule has 0 spiro atoms. The Morgan fingerprint density at radius 3 is 2.36 bits per heavy atom. The first-order valence-electron chi connectivity index (χ1n) is 6.79. The topological polar surface area (TPSA) is 75.4 Å². The van der Waals surface area contributed by atoms with E-state index in [1.807, 2.05) is 36.4 Å². The largest absolute Gasteiger partial charge is 0.378 e. The van der Waals surface area contributed by atoms with Crippen molar-refractivity contribution in [3.8, 4) is 11.1 Å². The van der Waals surface area contributed by atoms with Crippen LogP contribution < -0.4 is 5.32 Å². The van der Waals surface area contributed by atoms with E-state index in [2.05, 4.69) is 10.5 Å². The summed E-state index contributed by atoms with van der Waals surface area (Å²) in [5, 5.41) is 16.4. The minimum atomic E-state index is -1.27. The SMILES string of the molecule is O=C(Nc1oncc1-c1ccccc1)C(O)c1ccccc1. The van der Waals surface area contributed by atoms with Crippen molar-refractivity contribution in [2.24, 2.45) is 0 Å². The van der Waals surface area contributed by atoms with E-state index < -0.39 is 12.0 Å². The molecule has 0 aliphatic carbocycles. The van der Waals surface area contributed by atoms with Crippen molar-refractivity contribution in [2.75, 3.05) is 5.32 Å². The van der Waals surface area contributed by atoms with Crippen molar-refractivity contribution in [3.05, 3.63) is 72.4 Å². The van der Waals surface area contributed by atoms with Gasteiger partial charge in [0.05, 0.1) is 11.8 Å². The van der Waals surface area contributed by atoms with E-state index in [1.165, 1.54) is 6.20 Å². The van der Waals surface area contributed by atoms with Crippen molar-refractivity contribution in [1.82, 2.24) is 5.16 Å². The summed E-state index contributed by atoms with van der Waals surface area (Å²) in [6, 6.07) is 18.1. The van der Waals surface area contributed by atoms with Gasteiger partial charge in [-0.15, -0.1) is 0 Å². The number of benzene rings is 2. The number of amides is 1. The zero-order valence-corrected chi connectivity index (χ0v) is 11.6. The van der Waals surface area contributed by atoms with Gasteiger partial charge in [0.2, 0.25) is 5.88 Å². The second kappa shape index (κ2) is 6.24. The van der Waals surface area contributed by atoms with Crippen LogP contribution in [-0.2, 0) is 4.79 Å². The van der Waals surface area contributed by atoms with Gasteiger partial charge in [0, 0.05) is 0 Å². The number of hydrogen-bond acceptors (Lipinski definition) is 4. The fourth-order valence-corrected chi connectivity index (χ4v) is 2.12. The lowest BCUT2D eigenvalue weighted by molar-refractivity contribution is -0.124. The van der Waals surface area contributed by atoms with Gasteiger partial charge in [-0.2, -0.15) is 0 Å². The molecule has 0 aliphatic heterocycles. The lowest BCUT2D eigenvalue weighted by Gasteiger charge is -2.10. The number of anilines is 1. The van der Waals surface area contributed by atoms with Gasteiger partial charge in [-0.25, -0.2) is 0 Å². The van der Waals surface area contributed by atoms with Crippen LogP contribution in [0.2, 0.25) is 0 Å². The van der Waals surface area contributed by atoms with Crippen LogP contribution in [0.15, 0.2) is 71.4 Å². The first-order valence-corrected chi connectivity index (χ1v) is 6.79. The standard InChI is InChI=1S/C17H14N2O3/c20-15(13-9-5-2-6-10-13)16(21)19-17-14(11-18-22-17)12-7-3-1-4-8-12/h1-11,15,20H,(H,19,21). The number of rotatable bonds is 4. The van der Waals surface area contributed by atoms with Gasteiger partial charge in [0.25, 0.3) is 5.91 Å². The van der Waals surface area contributed by atoms with Gasteiger partial charge in [-0.05, 0) is 11.1 Å². The lowest BCUT2D eigenvalue weighted by atomic mass is 10.1. The molecule has 3 aromatic rings. The summed E-state index contributed by atoms with van der Waals surface area (Å²) < 4.78 is 5.08. The number of aliphatic hydroxyl groups excluding tert-OH is 1. The highest BCUT2D eigenvalue weighted by Crippen LogP contribution is 2.28. The molecule has 0 saturated carbocycles. The summed E-state index contributed by atoms with van der Waals surface area (Å²) in [6.45, 7) is 0. The molecule has 110 valence electrons. The second-order valence-corrected chi connectivity index (χ2v) is 4.74. The van der Waals surface area contributed by atoms with Gasteiger partial charge in [0.1, 0.15) is 0 Å². The van der Waals surface area contributed by atoms with E-state index >= 15 is 0 Å². The maximum Gasteiger partial charge on any atom is 0.260 e. The van der Waals surface area contributed by atoms with Crippen LogP contribution in [0.4, 0.5) is 5.88 Å². The molecular weight excluding hydrogens is 280 g/mol. The predicted octanol–water partition coefficient (Wildman–Crippen LogP) is 3.01. The predicted molar refractivity (Wildman–Crippen MR) is 82.0 cm³/mol. The van der Waals surface area contributed by atoms with E-state index in [0.717, 1.165) is 5.56 Å². The summed E-state index contributed by atoms with van der Waals surface area (Å²) >= 11 is 0. The molecular formula is C17H14N2O3. The first kappa shape index (κ1) is 14.0. The van der Waals surface area contributed by atoms with Crippen LogP contribution in [0.5, 0.6) is 0 Å². The third kappa shape index (κ3) is 2.89. The number of carbonyl (C=O) groups excluding carboxylic acids is 1. The molecule has 1 unspecified atom stereocenters. The Morgan fingerprint density at radius 1 is 1.05 bits per heavy atom. The molecule has 22 heavy (non-hydrogen) atoms. The number of hydrogen-bond donors (Lipinski definition) is 2. The number of nitrogens with zero attached hydrogens (tertiary/aromatic N) is 1. The molecule has 5 heteroatoms. The van der Waals surface area contributed by atoms with Crippen LogP contribution >= 0.6 is 0 Å². The molecule has 2 aromatic carbocycles. The molecule has 3 rings (SSSR count). The Labute approximate surface area is 127 Å². The molecule has 1 atom stereocenters. The highest BCUT2D eigenvalue weighted by atomic mass is 16.5. The zero-order valence-electron chi connectivity index (χ0n) is 11.6. The molecule has 0 radical (unpaired) electrons. The zero-order chi connectivity index (χ0) is 15.4. The highest BCUT2D eigenvalue weighted by molar-refractivity contribution is 5.96. The Balaban J connectivity index is 1.80. The van der Waals surface area contributed by atoms with Crippen molar-refractivity contribution < 1.29 is 14.4 Å². The van der Waals surface area contributed by atoms with Crippen LogP contribution in [0.3, 0.4) is 0 Å². The van der Waals surface area contributed by atoms with Crippen LogP contribution in [0.1, 0.15) is 11.7 Å². The van der Waals surface area contributed by atoms with Crippen molar-refractivity contribution in [3.63, 3.8) is 0 Å². The highest BCUT2D eigenvalue weighted by Gasteiger charge is 2.20. The van der Waals surface area contributed by atoms with Gasteiger partial charge >= 0.3 is 0 Å². The van der Waals surface area contributed by atoms with Crippen LogP contribution in [0, 0.1) is 0 Å². The summed E-state index contributed by atoms with van der Waals surface area (Å²) in [6.07, 6.45) is 0.259. The third-order valence-electron chi connectivity index (χ3n) is 3.26. The quantitative estimate of drug-likeness (QED) is 0.775. The Kier molecular flexibility index (Phi) is 3.98. The summed E-state index contributed by atoms with van der Waals surface area (Å²) in [5.41, 5.74) is 2.04. The molecule has 0 saturated heterocycles. The molecule has 0 fully saturated rings. The third-order valence-corrected chi connectivity index (χ3v) is 3.26. The molecule has 0 bridgehead atoms. The van der Waals surface area contributed by atoms with Crippen LogP contribution in [-0.4, -0.2) is 16.2 Å². The fourth-order valence-electron chi connectivity index (χ4n) is 2.12. The Morgan fingerprint density at radius 2 is 1.68 bits per heavy atom. The summed E-state index contributed by atoms with van der Waals surface area (Å²) in [7, 11) is 0. The van der Waals surface area contributed by atoms with Crippen LogP contribution in [0.25, 0.3) is 11.1 Å². The van der Waals surface area contributed by atoms with Gasteiger partial charge in [-0.1, -0.05) is 65.8 Å². The monoisotopic (exact) mass is 294 g/mol. The average molecular weight is 294 g/mol. The van der Waals surface area contributed by atoms with Crippen molar-refractivity contribution in [1.29, 1.82) is 0 Å². The number of aromatic nitrogens is 1. The maximum atomic E-state index is 12.1. The van der Waals surface area contributed by atoms with E-state index in [4.69, 9.17) is 4.52 Å². The number of carbonyl (C=O) groups is 1. The van der Waals surface area contributed by atoms with Crippen molar-refractivity contribution in [2.45, 2.75) is 6.10 Å². The van der Waals surface area contributed by atoms with E-state index in [0.29, 0.717) is 11.1 Å². The van der Waals surface area contributed by atoms with Gasteiger partial charge < -0.3 is 9.63 Å². The molecule has 5 nitrogen and oxygen atoms in total. The van der Waals surface area contributed by atoms with Crippen molar-refractivity contribution >= 4 is 11.8 Å². The summed E-state index contributed by atoms with van der Waals surface area (Å²) in [4.78, 5) is 12.1. The average Bonchev–Trinajstić information content (AvgIpc) is 3.04. The minimum Gasteiger partial charge on any atom is -0.378 e. The summed E-state index contributed by atoms with van der Waals surface area (Å²) in [5.74, 6) is -0.355. The Bertz CT molecular complexity index is 754. The minimum absolute atomic E-state index is 0.214. The normalized spacial score (nSPS) is 11.9. The molecule has 1 aromatic heterocycles. The van der Waals surface area contributed by atoms with E-state index in [-0.39, 0.29) is 5.88 Å². The molecule has 0 aliphatic rings. The lowest BCUT2D eigenvalue weighted by Crippen LogP contribution is -2.20. The molecule has 2 N–H and O–H groups in total. The van der Waals surface area contributed by atoms with Gasteiger partial charge in [-0.3, -0.25) is 10.1 Å². The van der Waals surface area contributed by atoms with E-state index in [1.54, 1.807) is 24.3 Å². The fraction of sp³-hybridized carbons (Fsp3) is 0.0588. The Hall–Kier alpha value is -2.92.